The van der Waals surface area contributed by atoms with Gasteiger partial charge in [-0.3, -0.25) is 0 Å². The largest absolute Gasteiger partial charge is 0.336 e. The lowest BCUT2D eigenvalue weighted by Gasteiger charge is -2.30. The Bertz CT molecular complexity index is 610. The summed E-state index contributed by atoms with van der Waals surface area (Å²) in [7, 11) is 1.80. The van der Waals surface area contributed by atoms with Crippen molar-refractivity contribution in [1.29, 1.82) is 0 Å². The Balaban J connectivity index is 1.88. The van der Waals surface area contributed by atoms with Gasteiger partial charge in [0.1, 0.15) is 0 Å². The lowest BCUT2D eigenvalue weighted by Crippen LogP contribution is -2.43. The molecule has 0 aliphatic carbocycles. The van der Waals surface area contributed by atoms with E-state index in [1.807, 2.05) is 11.4 Å². The summed E-state index contributed by atoms with van der Waals surface area (Å²) < 4.78 is 0. The van der Waals surface area contributed by atoms with Crippen LogP contribution < -0.4 is 5.32 Å². The maximum atomic E-state index is 12.3. The first kappa shape index (κ1) is 17.5. The van der Waals surface area contributed by atoms with Crippen molar-refractivity contribution in [3.05, 3.63) is 52.5 Å². The third kappa shape index (κ3) is 5.06. The van der Waals surface area contributed by atoms with Crippen LogP contribution in [-0.2, 0) is 12.0 Å². The number of carbonyl (C=O) groups excluding carboxylic acids is 1. The minimum Gasteiger partial charge on any atom is -0.336 e. The van der Waals surface area contributed by atoms with Gasteiger partial charge in [-0.2, -0.15) is 0 Å². The molecule has 0 aliphatic rings. The summed E-state index contributed by atoms with van der Waals surface area (Å²) in [5, 5.41) is 5.04. The van der Waals surface area contributed by atoms with E-state index in [0.717, 1.165) is 12.1 Å². The molecule has 0 saturated heterocycles. The lowest BCUT2D eigenvalue weighted by molar-refractivity contribution is 0.200. The summed E-state index contributed by atoms with van der Waals surface area (Å²) in [6.07, 6.45) is 0.882. The maximum Gasteiger partial charge on any atom is 0.317 e. The maximum absolute atomic E-state index is 12.3. The van der Waals surface area contributed by atoms with Gasteiger partial charge in [0.15, 0.2) is 0 Å². The Labute approximate surface area is 142 Å². The van der Waals surface area contributed by atoms with Crippen molar-refractivity contribution < 1.29 is 4.79 Å². The topological polar surface area (TPSA) is 45.2 Å². The van der Waals surface area contributed by atoms with Crippen LogP contribution in [0.4, 0.5) is 4.79 Å². The molecule has 23 heavy (non-hydrogen) atoms. The fourth-order valence-corrected chi connectivity index (χ4v) is 3.32. The molecule has 1 heterocycles. The summed E-state index contributed by atoms with van der Waals surface area (Å²) in [6, 6.07) is 10.5. The Hall–Kier alpha value is -1.88. The van der Waals surface area contributed by atoms with E-state index >= 15 is 0 Å². The van der Waals surface area contributed by atoms with E-state index in [9.17, 15) is 4.79 Å². The number of thiazole rings is 1. The zero-order valence-corrected chi connectivity index (χ0v) is 15.1. The Kier molecular flexibility index (Phi) is 5.77. The molecule has 0 radical (unpaired) electrons. The Morgan fingerprint density at radius 2 is 2.04 bits per heavy atom. The zero-order valence-electron chi connectivity index (χ0n) is 14.2. The van der Waals surface area contributed by atoms with E-state index < -0.39 is 0 Å². The molecular weight excluding hydrogens is 306 g/mol. The lowest BCUT2D eigenvalue weighted by atomic mass is 9.79. The van der Waals surface area contributed by atoms with Gasteiger partial charge >= 0.3 is 6.03 Å². The molecule has 0 spiro atoms. The predicted molar refractivity (Wildman–Crippen MR) is 95.7 cm³/mol. The molecule has 2 aromatic rings. The molecule has 0 saturated carbocycles. The van der Waals surface area contributed by atoms with Crippen molar-refractivity contribution in [2.75, 3.05) is 7.05 Å². The minimum absolute atomic E-state index is 0.0153. The number of urea groups is 1. The highest BCUT2D eigenvalue weighted by molar-refractivity contribution is 7.07. The van der Waals surface area contributed by atoms with Crippen molar-refractivity contribution in [2.24, 2.45) is 0 Å². The summed E-state index contributed by atoms with van der Waals surface area (Å²) >= 11 is 1.54. The Morgan fingerprint density at radius 3 is 2.65 bits per heavy atom. The monoisotopic (exact) mass is 331 g/mol. The second-order valence-electron chi connectivity index (χ2n) is 6.64. The van der Waals surface area contributed by atoms with Gasteiger partial charge in [-0.25, -0.2) is 9.78 Å². The van der Waals surface area contributed by atoms with E-state index in [1.165, 1.54) is 5.56 Å². The second-order valence-corrected chi connectivity index (χ2v) is 7.36. The smallest absolute Gasteiger partial charge is 0.317 e. The number of nitrogens with one attached hydrogen (secondary N) is 1. The number of carbonyl (C=O) groups is 1. The van der Waals surface area contributed by atoms with Gasteiger partial charge in [0, 0.05) is 18.5 Å². The van der Waals surface area contributed by atoms with Crippen LogP contribution in [0.1, 0.15) is 38.4 Å². The van der Waals surface area contributed by atoms with Gasteiger partial charge in [-0.1, -0.05) is 44.2 Å². The first-order chi connectivity index (χ1) is 10.9. The summed E-state index contributed by atoms with van der Waals surface area (Å²) in [6.45, 7) is 7.01. The normalized spacial score (nSPS) is 12.7. The fourth-order valence-electron chi connectivity index (χ4n) is 2.78. The molecule has 0 aliphatic heterocycles. The van der Waals surface area contributed by atoms with Crippen molar-refractivity contribution in [2.45, 2.75) is 45.2 Å². The van der Waals surface area contributed by atoms with Crippen LogP contribution in [0.3, 0.4) is 0 Å². The van der Waals surface area contributed by atoms with Gasteiger partial charge in [0.25, 0.3) is 0 Å². The molecule has 1 atom stereocenters. The van der Waals surface area contributed by atoms with Gasteiger partial charge in [0.2, 0.25) is 0 Å². The van der Waals surface area contributed by atoms with Crippen LogP contribution in [0.25, 0.3) is 0 Å². The summed E-state index contributed by atoms with van der Waals surface area (Å²) in [4.78, 5) is 18.2. The van der Waals surface area contributed by atoms with E-state index in [2.05, 4.69) is 55.3 Å². The minimum atomic E-state index is -0.0608. The van der Waals surface area contributed by atoms with E-state index in [0.29, 0.717) is 6.54 Å². The molecular formula is C18H25N3OS. The number of hydrogen-bond acceptors (Lipinski definition) is 3. The van der Waals surface area contributed by atoms with Crippen LogP contribution in [0, 0.1) is 0 Å². The van der Waals surface area contributed by atoms with E-state index in [1.54, 1.807) is 28.8 Å². The van der Waals surface area contributed by atoms with E-state index in [-0.39, 0.29) is 17.5 Å². The van der Waals surface area contributed by atoms with Gasteiger partial charge in [-0.05, 0) is 24.3 Å². The first-order valence-corrected chi connectivity index (χ1v) is 8.77. The number of rotatable bonds is 6. The molecule has 2 rings (SSSR count). The predicted octanol–water partition coefficient (Wildman–Crippen LogP) is 4.04. The molecule has 1 N–H and O–H groups in total. The average Bonchev–Trinajstić information content (AvgIpc) is 3.00. The summed E-state index contributed by atoms with van der Waals surface area (Å²) in [5.74, 6) is 0. The molecule has 0 bridgehead atoms. The van der Waals surface area contributed by atoms with Crippen LogP contribution in [0.5, 0.6) is 0 Å². The SMILES string of the molecule is CC(CC(C)(C)c1ccccc1)NC(=O)N(C)Cc1cscn1. The quantitative estimate of drug-likeness (QED) is 0.868. The van der Waals surface area contributed by atoms with Crippen LogP contribution in [0.15, 0.2) is 41.2 Å². The summed E-state index contributed by atoms with van der Waals surface area (Å²) in [5.41, 5.74) is 4.01. The Morgan fingerprint density at radius 1 is 1.35 bits per heavy atom. The average molecular weight is 331 g/mol. The standard InChI is InChI=1S/C18H25N3OS/c1-14(10-18(2,3)15-8-6-5-7-9-15)20-17(22)21(4)11-16-12-23-13-19-16/h5-9,12-14H,10-11H2,1-4H3,(H,20,22). The van der Waals surface area contributed by atoms with Crippen molar-refractivity contribution in [1.82, 2.24) is 15.2 Å². The van der Waals surface area contributed by atoms with Crippen LogP contribution >= 0.6 is 11.3 Å². The molecule has 2 amide bonds. The highest BCUT2D eigenvalue weighted by Crippen LogP contribution is 2.28. The molecule has 1 aromatic heterocycles. The molecule has 4 nitrogen and oxygen atoms in total. The van der Waals surface area contributed by atoms with E-state index in [4.69, 9.17) is 0 Å². The van der Waals surface area contributed by atoms with Crippen LogP contribution in [0.2, 0.25) is 0 Å². The zero-order chi connectivity index (χ0) is 16.9. The fraction of sp³-hybridized carbons (Fsp3) is 0.444. The van der Waals surface area contributed by atoms with Gasteiger partial charge in [-0.15, -0.1) is 11.3 Å². The number of nitrogens with zero attached hydrogens (tertiary/aromatic N) is 2. The number of amides is 2. The van der Waals surface area contributed by atoms with Crippen molar-refractivity contribution >= 4 is 17.4 Å². The molecule has 124 valence electrons. The van der Waals surface area contributed by atoms with Gasteiger partial charge < -0.3 is 10.2 Å². The third-order valence-corrected chi connectivity index (χ3v) is 4.61. The first-order valence-electron chi connectivity index (χ1n) is 7.83. The number of benzene rings is 1. The third-order valence-electron chi connectivity index (χ3n) is 3.97. The molecule has 1 aromatic carbocycles. The molecule has 1 unspecified atom stereocenters. The molecule has 0 fully saturated rings. The van der Waals surface area contributed by atoms with Crippen LogP contribution in [-0.4, -0.2) is 29.0 Å². The van der Waals surface area contributed by atoms with Crippen molar-refractivity contribution in [3.8, 4) is 0 Å². The highest BCUT2D eigenvalue weighted by atomic mass is 32.1. The number of hydrogen-bond donors (Lipinski definition) is 1. The van der Waals surface area contributed by atoms with Crippen molar-refractivity contribution in [3.63, 3.8) is 0 Å². The number of aromatic nitrogens is 1. The second kappa shape index (κ2) is 7.59. The molecule has 5 heteroatoms. The van der Waals surface area contributed by atoms with Gasteiger partial charge in [0.05, 0.1) is 17.7 Å². The highest BCUT2D eigenvalue weighted by Gasteiger charge is 2.24.